The topological polar surface area (TPSA) is 45.7 Å². The van der Waals surface area contributed by atoms with Crippen molar-refractivity contribution in [3.63, 3.8) is 0 Å². The molecule has 1 aromatic rings. The number of halogens is 2. The van der Waals surface area contributed by atoms with E-state index in [2.05, 4.69) is 15.6 Å². The number of rotatable bonds is 4. The van der Waals surface area contributed by atoms with Crippen LogP contribution in [0.15, 0.2) is 23.2 Å². The van der Waals surface area contributed by atoms with E-state index in [4.69, 9.17) is 4.74 Å². The normalized spacial score (nSPS) is 29.7. The van der Waals surface area contributed by atoms with Crippen LogP contribution in [0.2, 0.25) is 0 Å². The predicted octanol–water partition coefficient (Wildman–Crippen LogP) is 2.98. The van der Waals surface area contributed by atoms with Crippen molar-refractivity contribution in [2.45, 2.75) is 51.3 Å². The molecule has 3 aliphatic rings. The molecular weight excluding hydrogens is 324 g/mol. The lowest BCUT2D eigenvalue weighted by Gasteiger charge is -2.63. The minimum Gasteiger partial charge on any atom is -0.377 e. The molecule has 2 saturated carbocycles. The van der Waals surface area contributed by atoms with E-state index in [1.54, 1.807) is 6.07 Å². The van der Waals surface area contributed by atoms with Crippen molar-refractivity contribution in [2.75, 3.05) is 13.2 Å². The van der Waals surface area contributed by atoms with Crippen molar-refractivity contribution in [2.24, 2.45) is 16.3 Å². The van der Waals surface area contributed by atoms with E-state index in [0.717, 1.165) is 31.6 Å². The van der Waals surface area contributed by atoms with Crippen LogP contribution in [0.5, 0.6) is 0 Å². The molecule has 0 aromatic heterocycles. The molecule has 1 spiro atoms. The van der Waals surface area contributed by atoms with Crippen LogP contribution in [0.1, 0.15) is 38.2 Å². The van der Waals surface area contributed by atoms with E-state index in [1.165, 1.54) is 25.3 Å². The lowest BCUT2D eigenvalue weighted by atomic mass is 9.46. The summed E-state index contributed by atoms with van der Waals surface area (Å²) in [6.45, 7) is 3.96. The summed E-state index contributed by atoms with van der Waals surface area (Å²) in [6.07, 6.45) is 5.22. The molecule has 4 nitrogen and oxygen atoms in total. The molecule has 1 heterocycles. The second-order valence-electron chi connectivity index (χ2n) is 7.40. The molecule has 4 rings (SSSR count). The summed E-state index contributed by atoms with van der Waals surface area (Å²) in [4.78, 5) is 4.58. The van der Waals surface area contributed by atoms with Crippen LogP contribution < -0.4 is 10.6 Å². The summed E-state index contributed by atoms with van der Waals surface area (Å²) in [5.74, 6) is -0.350. The Morgan fingerprint density at radius 3 is 2.84 bits per heavy atom. The Labute approximate surface area is 147 Å². The Kier molecular flexibility index (Phi) is 4.40. The second-order valence-corrected chi connectivity index (χ2v) is 7.40. The molecule has 3 unspecified atom stereocenters. The minimum absolute atomic E-state index is 0.277. The smallest absolute Gasteiger partial charge is 0.191 e. The first-order chi connectivity index (χ1) is 12.1. The number of fused-ring (bicyclic) bond motifs is 2. The minimum atomic E-state index is -0.830. The highest BCUT2D eigenvalue weighted by Gasteiger charge is 2.66. The molecule has 2 N–H and O–H groups in total. The lowest BCUT2D eigenvalue weighted by Crippen LogP contribution is -2.72. The van der Waals surface area contributed by atoms with E-state index in [0.29, 0.717) is 30.2 Å². The van der Waals surface area contributed by atoms with Crippen LogP contribution in [-0.4, -0.2) is 31.3 Å². The van der Waals surface area contributed by atoms with Gasteiger partial charge in [0, 0.05) is 30.5 Å². The monoisotopic (exact) mass is 349 g/mol. The van der Waals surface area contributed by atoms with E-state index < -0.39 is 11.6 Å². The standard InChI is InChI=1S/C19H25F2N3O/c1-2-22-18(23-11-12-4-5-14(20)15(21)10-12)24-16-13-6-9-25-17(13)19(16)7-3-8-19/h4-5,10,13,16-17H,2-3,6-9,11H2,1H3,(H2,22,23,24). The number of benzene rings is 1. The number of nitrogens with zero attached hydrogens (tertiary/aromatic N) is 1. The molecule has 0 radical (unpaired) electrons. The fraction of sp³-hybridized carbons (Fsp3) is 0.632. The van der Waals surface area contributed by atoms with Crippen LogP contribution in [-0.2, 0) is 11.3 Å². The summed E-state index contributed by atoms with van der Waals surface area (Å²) < 4.78 is 32.4. The van der Waals surface area contributed by atoms with Gasteiger partial charge in [0.2, 0.25) is 0 Å². The lowest BCUT2D eigenvalue weighted by molar-refractivity contribution is -0.171. The maximum absolute atomic E-state index is 13.4. The van der Waals surface area contributed by atoms with E-state index in [-0.39, 0.29) is 5.41 Å². The van der Waals surface area contributed by atoms with E-state index in [1.807, 2.05) is 6.92 Å². The summed E-state index contributed by atoms with van der Waals surface area (Å²) in [6, 6.07) is 4.33. The van der Waals surface area contributed by atoms with Gasteiger partial charge in [-0.05, 0) is 43.9 Å². The molecule has 1 aliphatic heterocycles. The van der Waals surface area contributed by atoms with Crippen LogP contribution in [0.3, 0.4) is 0 Å². The third-order valence-electron chi connectivity index (χ3n) is 6.08. The van der Waals surface area contributed by atoms with Gasteiger partial charge in [0.15, 0.2) is 17.6 Å². The summed E-state index contributed by atoms with van der Waals surface area (Å²) in [5.41, 5.74) is 0.935. The summed E-state index contributed by atoms with van der Waals surface area (Å²) in [7, 11) is 0. The first kappa shape index (κ1) is 16.8. The maximum atomic E-state index is 13.4. The zero-order valence-electron chi connectivity index (χ0n) is 14.5. The molecule has 2 aliphatic carbocycles. The molecule has 3 atom stereocenters. The first-order valence-corrected chi connectivity index (χ1v) is 9.24. The molecule has 6 heteroatoms. The highest BCUT2D eigenvalue weighted by molar-refractivity contribution is 5.80. The third kappa shape index (κ3) is 2.80. The van der Waals surface area contributed by atoms with Crippen molar-refractivity contribution in [1.82, 2.24) is 10.6 Å². The van der Waals surface area contributed by atoms with Crippen LogP contribution in [0.25, 0.3) is 0 Å². The molecule has 0 amide bonds. The number of guanidine groups is 1. The van der Waals surface area contributed by atoms with Gasteiger partial charge in [0.05, 0.1) is 12.6 Å². The van der Waals surface area contributed by atoms with Gasteiger partial charge in [0.25, 0.3) is 0 Å². The zero-order valence-corrected chi connectivity index (χ0v) is 14.5. The molecule has 1 aromatic carbocycles. The fourth-order valence-electron chi connectivity index (χ4n) is 4.73. The molecule has 3 fully saturated rings. The van der Waals surface area contributed by atoms with Gasteiger partial charge in [-0.15, -0.1) is 0 Å². The van der Waals surface area contributed by atoms with Gasteiger partial charge >= 0.3 is 0 Å². The second kappa shape index (κ2) is 6.56. The van der Waals surface area contributed by atoms with Gasteiger partial charge in [-0.3, -0.25) is 0 Å². The van der Waals surface area contributed by atoms with Gasteiger partial charge in [-0.25, -0.2) is 13.8 Å². The number of aliphatic imine (C=N–C) groups is 1. The Morgan fingerprint density at radius 1 is 1.32 bits per heavy atom. The van der Waals surface area contributed by atoms with Gasteiger partial charge < -0.3 is 15.4 Å². The average Bonchev–Trinajstić information content (AvgIpc) is 2.97. The predicted molar refractivity (Wildman–Crippen MR) is 92.2 cm³/mol. The first-order valence-electron chi connectivity index (χ1n) is 9.24. The molecule has 136 valence electrons. The molecule has 0 bridgehead atoms. The average molecular weight is 349 g/mol. The van der Waals surface area contributed by atoms with Crippen molar-refractivity contribution in [1.29, 1.82) is 0 Å². The third-order valence-corrected chi connectivity index (χ3v) is 6.08. The zero-order chi connectivity index (χ0) is 17.4. The number of hydrogen-bond acceptors (Lipinski definition) is 2. The van der Waals surface area contributed by atoms with Crippen LogP contribution in [0.4, 0.5) is 8.78 Å². The molecule has 1 saturated heterocycles. The summed E-state index contributed by atoms with van der Waals surface area (Å²) >= 11 is 0. The number of ether oxygens (including phenoxy) is 1. The summed E-state index contributed by atoms with van der Waals surface area (Å²) in [5, 5.41) is 6.88. The Hall–Kier alpha value is -1.69. The van der Waals surface area contributed by atoms with Gasteiger partial charge in [-0.1, -0.05) is 12.5 Å². The SMILES string of the molecule is CCNC(=NCc1ccc(F)c(F)c1)NC1C2CCOC2C12CCC2. The van der Waals surface area contributed by atoms with Gasteiger partial charge in [-0.2, -0.15) is 0 Å². The van der Waals surface area contributed by atoms with Gasteiger partial charge in [0.1, 0.15) is 0 Å². The quantitative estimate of drug-likeness (QED) is 0.649. The molecular formula is C19H25F2N3O. The number of hydrogen-bond donors (Lipinski definition) is 2. The largest absolute Gasteiger partial charge is 0.377 e. The van der Waals surface area contributed by atoms with E-state index >= 15 is 0 Å². The number of nitrogens with one attached hydrogen (secondary N) is 2. The Morgan fingerprint density at radius 2 is 2.16 bits per heavy atom. The van der Waals surface area contributed by atoms with Crippen molar-refractivity contribution in [3.8, 4) is 0 Å². The Balaban J connectivity index is 1.46. The highest BCUT2D eigenvalue weighted by Crippen LogP contribution is 2.62. The molecule has 25 heavy (non-hydrogen) atoms. The van der Waals surface area contributed by atoms with E-state index in [9.17, 15) is 8.78 Å². The van der Waals surface area contributed by atoms with Crippen molar-refractivity contribution >= 4 is 5.96 Å². The maximum Gasteiger partial charge on any atom is 0.191 e. The van der Waals surface area contributed by atoms with Crippen molar-refractivity contribution < 1.29 is 13.5 Å². The fourth-order valence-corrected chi connectivity index (χ4v) is 4.73. The Bertz CT molecular complexity index is 675. The van der Waals surface area contributed by atoms with Crippen LogP contribution in [0, 0.1) is 23.0 Å². The van der Waals surface area contributed by atoms with Crippen molar-refractivity contribution in [3.05, 3.63) is 35.4 Å². The van der Waals surface area contributed by atoms with Crippen LogP contribution >= 0.6 is 0 Å². The highest BCUT2D eigenvalue weighted by atomic mass is 19.2.